The SMILES string of the molecule is CC(C)(C)OC(=O)NCCC(=O)N(Cc1ccccc1)C1CC1. The fourth-order valence-electron chi connectivity index (χ4n) is 2.32. The summed E-state index contributed by atoms with van der Waals surface area (Å²) in [5.74, 6) is 0.0763. The van der Waals surface area contributed by atoms with Crippen molar-refractivity contribution in [3.8, 4) is 0 Å². The molecule has 0 aromatic heterocycles. The third kappa shape index (κ3) is 6.30. The number of amides is 2. The Balaban J connectivity index is 1.79. The van der Waals surface area contributed by atoms with E-state index < -0.39 is 11.7 Å². The third-order valence-electron chi connectivity index (χ3n) is 3.51. The summed E-state index contributed by atoms with van der Waals surface area (Å²) in [6.45, 7) is 6.37. The van der Waals surface area contributed by atoms with E-state index in [0.29, 0.717) is 25.6 Å². The van der Waals surface area contributed by atoms with Crippen molar-refractivity contribution in [1.82, 2.24) is 10.2 Å². The number of hydrogen-bond acceptors (Lipinski definition) is 3. The van der Waals surface area contributed by atoms with Crippen LogP contribution in [-0.4, -0.2) is 35.1 Å². The Morgan fingerprint density at radius 2 is 1.87 bits per heavy atom. The fraction of sp³-hybridized carbons (Fsp3) is 0.556. The molecule has 2 rings (SSSR count). The van der Waals surface area contributed by atoms with E-state index in [-0.39, 0.29) is 5.91 Å². The molecule has 5 nitrogen and oxygen atoms in total. The quantitative estimate of drug-likeness (QED) is 0.877. The first-order chi connectivity index (χ1) is 10.8. The highest BCUT2D eigenvalue weighted by molar-refractivity contribution is 5.78. The Labute approximate surface area is 138 Å². The van der Waals surface area contributed by atoms with Gasteiger partial charge in [0, 0.05) is 25.6 Å². The van der Waals surface area contributed by atoms with Gasteiger partial charge in [-0.15, -0.1) is 0 Å². The molecule has 1 N–H and O–H groups in total. The number of nitrogens with one attached hydrogen (secondary N) is 1. The molecule has 0 atom stereocenters. The highest BCUT2D eigenvalue weighted by atomic mass is 16.6. The Kier molecular flexibility index (Phi) is 5.64. The van der Waals surface area contributed by atoms with Crippen LogP contribution < -0.4 is 5.32 Å². The molecule has 0 aliphatic heterocycles. The molecule has 1 aromatic carbocycles. The molecule has 0 bridgehead atoms. The summed E-state index contributed by atoms with van der Waals surface area (Å²) in [4.78, 5) is 25.9. The summed E-state index contributed by atoms with van der Waals surface area (Å²) in [7, 11) is 0. The first-order valence-corrected chi connectivity index (χ1v) is 8.15. The average Bonchev–Trinajstić information content (AvgIpc) is 3.28. The van der Waals surface area contributed by atoms with Crippen LogP contribution in [0.5, 0.6) is 0 Å². The van der Waals surface area contributed by atoms with Crippen molar-refractivity contribution in [3.63, 3.8) is 0 Å². The van der Waals surface area contributed by atoms with Gasteiger partial charge in [-0.25, -0.2) is 4.79 Å². The topological polar surface area (TPSA) is 58.6 Å². The van der Waals surface area contributed by atoms with Gasteiger partial charge in [0.1, 0.15) is 5.60 Å². The van der Waals surface area contributed by atoms with Crippen molar-refractivity contribution in [1.29, 1.82) is 0 Å². The predicted octanol–water partition coefficient (Wildman–Crippen LogP) is 3.09. The van der Waals surface area contributed by atoms with E-state index in [1.165, 1.54) is 0 Å². The lowest BCUT2D eigenvalue weighted by Crippen LogP contribution is -2.37. The van der Waals surface area contributed by atoms with Gasteiger partial charge in [-0.1, -0.05) is 30.3 Å². The summed E-state index contributed by atoms with van der Waals surface area (Å²) in [5.41, 5.74) is 0.606. The van der Waals surface area contributed by atoms with Crippen LogP contribution in [0.3, 0.4) is 0 Å². The lowest BCUT2D eigenvalue weighted by Gasteiger charge is -2.23. The van der Waals surface area contributed by atoms with Gasteiger partial charge in [0.15, 0.2) is 0 Å². The highest BCUT2D eigenvalue weighted by Gasteiger charge is 2.32. The lowest BCUT2D eigenvalue weighted by atomic mass is 10.2. The largest absolute Gasteiger partial charge is 0.444 e. The minimum atomic E-state index is -0.526. The average molecular weight is 318 g/mol. The van der Waals surface area contributed by atoms with Crippen molar-refractivity contribution in [2.45, 2.75) is 58.2 Å². The molecule has 1 aromatic rings. The lowest BCUT2D eigenvalue weighted by molar-refractivity contribution is -0.132. The van der Waals surface area contributed by atoms with Crippen LogP contribution in [0.2, 0.25) is 0 Å². The predicted molar refractivity (Wildman–Crippen MR) is 88.9 cm³/mol. The maximum Gasteiger partial charge on any atom is 0.407 e. The van der Waals surface area contributed by atoms with Crippen molar-refractivity contribution in [2.24, 2.45) is 0 Å². The van der Waals surface area contributed by atoms with Gasteiger partial charge >= 0.3 is 6.09 Å². The van der Waals surface area contributed by atoms with Crippen LogP contribution in [0.25, 0.3) is 0 Å². The fourth-order valence-corrected chi connectivity index (χ4v) is 2.32. The zero-order valence-corrected chi connectivity index (χ0v) is 14.2. The normalized spacial score (nSPS) is 14.2. The monoisotopic (exact) mass is 318 g/mol. The number of nitrogens with zero attached hydrogens (tertiary/aromatic N) is 1. The minimum absolute atomic E-state index is 0.0763. The number of ether oxygens (including phenoxy) is 1. The van der Waals surface area contributed by atoms with Crippen LogP contribution >= 0.6 is 0 Å². The van der Waals surface area contributed by atoms with Gasteiger partial charge in [-0.2, -0.15) is 0 Å². The van der Waals surface area contributed by atoms with Gasteiger partial charge in [-0.05, 0) is 39.2 Å². The van der Waals surface area contributed by atoms with Crippen LogP contribution in [-0.2, 0) is 16.1 Å². The van der Waals surface area contributed by atoms with Gasteiger partial charge in [0.05, 0.1) is 0 Å². The van der Waals surface area contributed by atoms with Crippen LogP contribution in [0.1, 0.15) is 45.6 Å². The van der Waals surface area contributed by atoms with E-state index in [1.807, 2.05) is 56.0 Å². The first kappa shape index (κ1) is 17.3. The molecular formula is C18H26N2O3. The highest BCUT2D eigenvalue weighted by Crippen LogP contribution is 2.28. The molecule has 2 amide bonds. The third-order valence-corrected chi connectivity index (χ3v) is 3.51. The molecule has 23 heavy (non-hydrogen) atoms. The summed E-state index contributed by atoms with van der Waals surface area (Å²) < 4.78 is 5.16. The molecule has 5 heteroatoms. The summed E-state index contributed by atoms with van der Waals surface area (Å²) in [6.07, 6.45) is 1.95. The number of rotatable bonds is 6. The molecule has 126 valence electrons. The molecule has 0 unspecified atom stereocenters. The molecule has 0 saturated heterocycles. The number of alkyl carbamates (subject to hydrolysis) is 1. The molecule has 1 aliphatic rings. The number of benzene rings is 1. The van der Waals surface area contributed by atoms with Gasteiger partial charge in [0.25, 0.3) is 0 Å². The zero-order chi connectivity index (χ0) is 16.9. The van der Waals surface area contributed by atoms with Gasteiger partial charge in [-0.3, -0.25) is 4.79 Å². The second kappa shape index (κ2) is 7.49. The van der Waals surface area contributed by atoms with Crippen LogP contribution in [0.4, 0.5) is 4.79 Å². The number of carbonyl (C=O) groups is 2. The summed E-state index contributed by atoms with van der Waals surface area (Å²) >= 11 is 0. The van der Waals surface area contributed by atoms with Crippen molar-refractivity contribution in [3.05, 3.63) is 35.9 Å². The standard InChI is InChI=1S/C18H26N2O3/c1-18(2,3)23-17(22)19-12-11-16(21)20(15-9-10-15)13-14-7-5-4-6-8-14/h4-8,15H,9-13H2,1-3H3,(H,19,22). The molecular weight excluding hydrogens is 292 g/mol. The molecule has 0 radical (unpaired) electrons. The van der Waals surface area contributed by atoms with E-state index in [9.17, 15) is 9.59 Å². The van der Waals surface area contributed by atoms with Crippen molar-refractivity contribution < 1.29 is 14.3 Å². The maximum absolute atomic E-state index is 12.4. The Hall–Kier alpha value is -2.04. The van der Waals surface area contributed by atoms with Crippen molar-refractivity contribution in [2.75, 3.05) is 6.54 Å². The number of hydrogen-bond donors (Lipinski definition) is 1. The van der Waals surface area contributed by atoms with E-state index >= 15 is 0 Å². The smallest absolute Gasteiger partial charge is 0.407 e. The van der Waals surface area contributed by atoms with E-state index in [0.717, 1.165) is 18.4 Å². The summed E-state index contributed by atoms with van der Waals surface area (Å²) in [6, 6.07) is 10.3. The van der Waals surface area contributed by atoms with Crippen LogP contribution in [0.15, 0.2) is 30.3 Å². The number of carbonyl (C=O) groups excluding carboxylic acids is 2. The Morgan fingerprint density at radius 1 is 1.22 bits per heavy atom. The molecule has 0 spiro atoms. The first-order valence-electron chi connectivity index (χ1n) is 8.15. The molecule has 1 aliphatic carbocycles. The van der Waals surface area contributed by atoms with E-state index in [2.05, 4.69) is 5.32 Å². The zero-order valence-electron chi connectivity index (χ0n) is 14.2. The maximum atomic E-state index is 12.4. The van der Waals surface area contributed by atoms with Gasteiger partial charge < -0.3 is 15.0 Å². The summed E-state index contributed by atoms with van der Waals surface area (Å²) in [5, 5.41) is 2.64. The molecule has 0 heterocycles. The van der Waals surface area contributed by atoms with Crippen LogP contribution in [0, 0.1) is 0 Å². The van der Waals surface area contributed by atoms with E-state index in [1.54, 1.807) is 0 Å². The second-order valence-corrected chi connectivity index (χ2v) is 6.92. The Morgan fingerprint density at radius 3 is 2.43 bits per heavy atom. The van der Waals surface area contributed by atoms with Gasteiger partial charge in [0.2, 0.25) is 5.91 Å². The Bertz CT molecular complexity index is 533. The molecule has 1 fully saturated rings. The second-order valence-electron chi connectivity index (χ2n) is 6.92. The minimum Gasteiger partial charge on any atom is -0.444 e. The van der Waals surface area contributed by atoms with E-state index in [4.69, 9.17) is 4.74 Å². The van der Waals surface area contributed by atoms with Crippen molar-refractivity contribution >= 4 is 12.0 Å². The molecule has 1 saturated carbocycles.